The van der Waals surface area contributed by atoms with E-state index in [9.17, 15) is 0 Å². The van der Waals surface area contributed by atoms with Gasteiger partial charge in [0.15, 0.2) is 0 Å². The predicted octanol–water partition coefficient (Wildman–Crippen LogP) is 5.91. The molecule has 0 atom stereocenters. The van der Waals surface area contributed by atoms with Crippen molar-refractivity contribution < 1.29 is 0 Å². The summed E-state index contributed by atoms with van der Waals surface area (Å²) in [4.78, 5) is 0. The SMILES string of the molecule is Cc1cc2c3c(ccc4cc(C)cc(c43)C(C)(C)C=C2)c1. The Bertz CT molecular complexity index is 924. The molecule has 0 aromatic heterocycles. The molecule has 0 unspecified atom stereocenters. The number of hydrogen-bond donors (Lipinski definition) is 0. The minimum absolute atomic E-state index is 0.0610. The minimum atomic E-state index is 0.0610. The third kappa shape index (κ3) is 1.75. The zero-order valence-electron chi connectivity index (χ0n) is 13.1. The lowest BCUT2D eigenvalue weighted by Crippen LogP contribution is -2.13. The van der Waals surface area contributed by atoms with Crippen LogP contribution in [-0.4, -0.2) is 0 Å². The molecule has 104 valence electrons. The molecule has 0 aliphatic heterocycles. The number of hydrogen-bond acceptors (Lipinski definition) is 0. The van der Waals surface area contributed by atoms with Crippen molar-refractivity contribution in [1.82, 2.24) is 0 Å². The van der Waals surface area contributed by atoms with E-state index in [1.54, 1.807) is 0 Å². The summed E-state index contributed by atoms with van der Waals surface area (Å²) in [6, 6.07) is 13.8. The van der Waals surface area contributed by atoms with Crippen LogP contribution < -0.4 is 0 Å². The fourth-order valence-electron chi connectivity index (χ4n) is 3.70. The monoisotopic (exact) mass is 272 g/mol. The molecule has 1 aliphatic carbocycles. The molecule has 0 saturated heterocycles. The summed E-state index contributed by atoms with van der Waals surface area (Å²) < 4.78 is 0. The quantitative estimate of drug-likeness (QED) is 0.446. The summed E-state index contributed by atoms with van der Waals surface area (Å²) in [6.45, 7) is 9.01. The van der Waals surface area contributed by atoms with Crippen LogP contribution in [0.1, 0.15) is 36.1 Å². The summed E-state index contributed by atoms with van der Waals surface area (Å²) in [5, 5.41) is 5.56. The van der Waals surface area contributed by atoms with Crippen molar-refractivity contribution in [2.75, 3.05) is 0 Å². The summed E-state index contributed by atoms with van der Waals surface area (Å²) in [6.07, 6.45) is 4.67. The van der Waals surface area contributed by atoms with Crippen LogP contribution in [0.3, 0.4) is 0 Å². The Kier molecular flexibility index (Phi) is 2.39. The van der Waals surface area contributed by atoms with Gasteiger partial charge < -0.3 is 0 Å². The summed E-state index contributed by atoms with van der Waals surface area (Å²) >= 11 is 0. The lowest BCUT2D eigenvalue weighted by Gasteiger charge is -2.23. The first kappa shape index (κ1) is 12.6. The van der Waals surface area contributed by atoms with Crippen molar-refractivity contribution >= 4 is 27.6 Å². The lowest BCUT2D eigenvalue weighted by atomic mass is 9.81. The van der Waals surface area contributed by atoms with Crippen molar-refractivity contribution in [3.05, 3.63) is 64.7 Å². The molecule has 0 amide bonds. The maximum atomic E-state index is 2.36. The molecule has 0 nitrogen and oxygen atoms in total. The normalized spacial score (nSPS) is 15.8. The fraction of sp³-hybridized carbons (Fsp3) is 0.238. The van der Waals surface area contributed by atoms with E-state index in [4.69, 9.17) is 0 Å². The molecule has 0 heteroatoms. The highest BCUT2D eigenvalue weighted by Crippen LogP contribution is 2.41. The van der Waals surface area contributed by atoms with Crippen molar-refractivity contribution in [3.63, 3.8) is 0 Å². The molecule has 0 saturated carbocycles. The van der Waals surface area contributed by atoms with Gasteiger partial charge >= 0.3 is 0 Å². The fourth-order valence-corrected chi connectivity index (χ4v) is 3.70. The average Bonchev–Trinajstić information content (AvgIpc) is 2.53. The van der Waals surface area contributed by atoms with Crippen molar-refractivity contribution in [2.24, 2.45) is 0 Å². The van der Waals surface area contributed by atoms with Crippen LogP contribution in [0.2, 0.25) is 0 Å². The van der Waals surface area contributed by atoms with Gasteiger partial charge in [-0.2, -0.15) is 0 Å². The lowest BCUT2D eigenvalue weighted by molar-refractivity contribution is 0.680. The first-order valence-corrected chi connectivity index (χ1v) is 7.63. The van der Waals surface area contributed by atoms with Gasteiger partial charge in [0, 0.05) is 5.41 Å². The molecule has 0 N–H and O–H groups in total. The van der Waals surface area contributed by atoms with E-state index in [1.807, 2.05) is 0 Å². The molecule has 3 aromatic carbocycles. The Morgan fingerprint density at radius 1 is 0.762 bits per heavy atom. The molecule has 4 rings (SSSR count). The zero-order valence-corrected chi connectivity index (χ0v) is 13.1. The standard InChI is InChI=1S/C21H20/c1-13-9-15-5-6-16-11-14(2)12-18-20(16)19(15)17(10-13)7-8-21(18,3)4/h5-12H,1-4H3. The Morgan fingerprint density at radius 2 is 1.38 bits per heavy atom. The number of rotatable bonds is 0. The van der Waals surface area contributed by atoms with E-state index in [-0.39, 0.29) is 5.41 Å². The first-order valence-electron chi connectivity index (χ1n) is 7.63. The Hall–Kier alpha value is -2.08. The van der Waals surface area contributed by atoms with Crippen LogP contribution in [0.15, 0.2) is 42.5 Å². The van der Waals surface area contributed by atoms with E-state index in [0.717, 1.165) is 0 Å². The van der Waals surface area contributed by atoms with Gasteiger partial charge in [-0.3, -0.25) is 0 Å². The van der Waals surface area contributed by atoms with Crippen LogP contribution >= 0.6 is 0 Å². The highest BCUT2D eigenvalue weighted by Gasteiger charge is 2.24. The van der Waals surface area contributed by atoms with Gasteiger partial charge in [0.25, 0.3) is 0 Å². The Balaban J connectivity index is 2.35. The van der Waals surface area contributed by atoms with Crippen LogP contribution in [0, 0.1) is 13.8 Å². The van der Waals surface area contributed by atoms with Gasteiger partial charge in [0.1, 0.15) is 0 Å². The van der Waals surface area contributed by atoms with Crippen molar-refractivity contribution in [1.29, 1.82) is 0 Å². The largest absolute Gasteiger partial charge is 0.0738 e. The van der Waals surface area contributed by atoms with Gasteiger partial charge in [-0.05, 0) is 52.1 Å². The molecule has 0 bridgehead atoms. The molecule has 0 heterocycles. The second-order valence-corrected chi connectivity index (χ2v) is 6.98. The second-order valence-electron chi connectivity index (χ2n) is 6.98. The van der Waals surface area contributed by atoms with Crippen molar-refractivity contribution in [2.45, 2.75) is 33.1 Å². The van der Waals surface area contributed by atoms with Crippen LogP contribution in [0.5, 0.6) is 0 Å². The van der Waals surface area contributed by atoms with E-state index in [0.29, 0.717) is 0 Å². The van der Waals surface area contributed by atoms with E-state index < -0.39 is 0 Å². The van der Waals surface area contributed by atoms with Gasteiger partial charge in [-0.1, -0.05) is 68.0 Å². The number of allylic oxidation sites excluding steroid dienone is 1. The zero-order chi connectivity index (χ0) is 14.8. The highest BCUT2D eigenvalue weighted by atomic mass is 14.3. The van der Waals surface area contributed by atoms with Gasteiger partial charge in [-0.25, -0.2) is 0 Å². The highest BCUT2D eigenvalue weighted by molar-refractivity contribution is 6.14. The Morgan fingerprint density at radius 3 is 2.10 bits per heavy atom. The van der Waals surface area contributed by atoms with Gasteiger partial charge in [-0.15, -0.1) is 0 Å². The van der Waals surface area contributed by atoms with Crippen LogP contribution in [0.25, 0.3) is 27.6 Å². The smallest absolute Gasteiger partial charge is 0.00851 e. The maximum absolute atomic E-state index is 2.36. The molecule has 0 spiro atoms. The summed E-state index contributed by atoms with van der Waals surface area (Å²) in [5.74, 6) is 0. The van der Waals surface area contributed by atoms with E-state index in [2.05, 4.69) is 76.2 Å². The third-order valence-electron chi connectivity index (χ3n) is 4.72. The van der Waals surface area contributed by atoms with E-state index in [1.165, 1.54) is 43.8 Å². The maximum Gasteiger partial charge on any atom is 0.00851 e. The molecule has 3 aromatic rings. The molecule has 1 aliphatic rings. The van der Waals surface area contributed by atoms with Gasteiger partial charge in [0.05, 0.1) is 0 Å². The Labute approximate surface area is 126 Å². The second kappa shape index (κ2) is 3.98. The first-order chi connectivity index (χ1) is 9.95. The van der Waals surface area contributed by atoms with Crippen LogP contribution in [0.4, 0.5) is 0 Å². The molecule has 21 heavy (non-hydrogen) atoms. The molecule has 0 radical (unpaired) electrons. The van der Waals surface area contributed by atoms with Gasteiger partial charge in [0.2, 0.25) is 0 Å². The number of aryl methyl sites for hydroxylation is 2. The minimum Gasteiger partial charge on any atom is -0.0738 e. The van der Waals surface area contributed by atoms with Crippen LogP contribution in [-0.2, 0) is 5.41 Å². The van der Waals surface area contributed by atoms with E-state index >= 15 is 0 Å². The molecular weight excluding hydrogens is 252 g/mol. The average molecular weight is 272 g/mol. The summed E-state index contributed by atoms with van der Waals surface area (Å²) in [5.41, 5.74) is 5.53. The predicted molar refractivity (Wildman–Crippen MR) is 93.0 cm³/mol. The molecule has 0 fully saturated rings. The topological polar surface area (TPSA) is 0 Å². The summed E-state index contributed by atoms with van der Waals surface area (Å²) in [7, 11) is 0. The third-order valence-corrected chi connectivity index (χ3v) is 4.72. The van der Waals surface area contributed by atoms with Crippen molar-refractivity contribution in [3.8, 4) is 0 Å². The number of benzene rings is 3. The molecular formula is C21H20.